The Morgan fingerprint density at radius 2 is 1.79 bits per heavy atom. The van der Waals surface area contributed by atoms with Crippen molar-refractivity contribution in [2.45, 2.75) is 33.6 Å². The van der Waals surface area contributed by atoms with Crippen LogP contribution >= 0.6 is 0 Å². The van der Waals surface area contributed by atoms with E-state index in [-0.39, 0.29) is 12.4 Å². The van der Waals surface area contributed by atoms with Crippen molar-refractivity contribution in [3.05, 3.63) is 59.2 Å². The zero-order chi connectivity index (χ0) is 20.7. The predicted octanol–water partition coefficient (Wildman–Crippen LogP) is 3.88. The highest BCUT2D eigenvalue weighted by Gasteiger charge is 2.11. The van der Waals surface area contributed by atoms with E-state index >= 15 is 0 Å². The SMILES string of the molecule is CC(=O)c1cccc(NC(=O)COC(=O)COc2ccc(C(C)C)c(C)c2)c1. The molecule has 2 rings (SSSR count). The van der Waals surface area contributed by atoms with Crippen LogP contribution < -0.4 is 10.1 Å². The van der Waals surface area contributed by atoms with Crippen molar-refractivity contribution in [1.29, 1.82) is 0 Å². The smallest absolute Gasteiger partial charge is 0.344 e. The van der Waals surface area contributed by atoms with E-state index in [1.54, 1.807) is 24.3 Å². The number of carbonyl (C=O) groups excluding carboxylic acids is 3. The molecule has 0 aliphatic carbocycles. The summed E-state index contributed by atoms with van der Waals surface area (Å²) in [6.45, 7) is 6.95. The third kappa shape index (κ3) is 6.23. The molecular formula is C22H25NO5. The normalized spacial score (nSPS) is 10.5. The summed E-state index contributed by atoms with van der Waals surface area (Å²) < 4.78 is 10.4. The molecule has 2 aromatic carbocycles. The maximum atomic E-state index is 11.9. The first-order valence-electron chi connectivity index (χ1n) is 9.06. The van der Waals surface area contributed by atoms with E-state index in [1.807, 2.05) is 25.1 Å². The highest BCUT2D eigenvalue weighted by Crippen LogP contribution is 2.23. The van der Waals surface area contributed by atoms with Gasteiger partial charge in [0.2, 0.25) is 0 Å². The minimum absolute atomic E-state index is 0.101. The predicted molar refractivity (Wildman–Crippen MR) is 107 cm³/mol. The second kappa shape index (κ2) is 9.69. The molecule has 28 heavy (non-hydrogen) atoms. The average Bonchev–Trinajstić information content (AvgIpc) is 2.64. The Balaban J connectivity index is 1.79. The molecule has 0 aliphatic rings. The zero-order valence-corrected chi connectivity index (χ0v) is 16.6. The van der Waals surface area contributed by atoms with Gasteiger partial charge in [-0.15, -0.1) is 0 Å². The maximum absolute atomic E-state index is 11.9. The van der Waals surface area contributed by atoms with E-state index in [0.29, 0.717) is 22.9 Å². The third-order valence-corrected chi connectivity index (χ3v) is 4.14. The van der Waals surface area contributed by atoms with Crippen LogP contribution in [0.5, 0.6) is 5.75 Å². The van der Waals surface area contributed by atoms with Crippen molar-refractivity contribution in [2.75, 3.05) is 18.5 Å². The summed E-state index contributed by atoms with van der Waals surface area (Å²) in [4.78, 5) is 35.1. The van der Waals surface area contributed by atoms with Crippen molar-refractivity contribution in [3.8, 4) is 5.75 Å². The Bertz CT molecular complexity index is 873. The number of ether oxygens (including phenoxy) is 2. The third-order valence-electron chi connectivity index (χ3n) is 4.14. The van der Waals surface area contributed by atoms with Crippen LogP contribution in [-0.4, -0.2) is 30.9 Å². The monoisotopic (exact) mass is 383 g/mol. The molecule has 0 fully saturated rings. The van der Waals surface area contributed by atoms with Crippen LogP contribution in [0.25, 0.3) is 0 Å². The number of esters is 1. The lowest BCUT2D eigenvalue weighted by Gasteiger charge is -2.12. The fraction of sp³-hybridized carbons (Fsp3) is 0.318. The molecule has 0 atom stereocenters. The van der Waals surface area contributed by atoms with Crippen LogP contribution in [0.2, 0.25) is 0 Å². The topological polar surface area (TPSA) is 81.7 Å². The molecule has 0 spiro atoms. The first-order valence-corrected chi connectivity index (χ1v) is 9.06. The fourth-order valence-corrected chi connectivity index (χ4v) is 2.73. The molecule has 6 nitrogen and oxygen atoms in total. The summed E-state index contributed by atoms with van der Waals surface area (Å²) in [5.74, 6) is -0.251. The van der Waals surface area contributed by atoms with Gasteiger partial charge in [-0.25, -0.2) is 4.79 Å². The molecule has 2 aromatic rings. The number of anilines is 1. The van der Waals surface area contributed by atoms with Crippen LogP contribution in [0.3, 0.4) is 0 Å². The van der Waals surface area contributed by atoms with Crippen LogP contribution in [0.1, 0.15) is 48.2 Å². The van der Waals surface area contributed by atoms with Crippen LogP contribution in [0.4, 0.5) is 5.69 Å². The lowest BCUT2D eigenvalue weighted by molar-refractivity contribution is -0.149. The molecule has 0 saturated heterocycles. The largest absolute Gasteiger partial charge is 0.482 e. The molecule has 148 valence electrons. The minimum Gasteiger partial charge on any atom is -0.482 e. The van der Waals surface area contributed by atoms with Crippen molar-refractivity contribution in [2.24, 2.45) is 0 Å². The number of ketones is 1. The van der Waals surface area contributed by atoms with Crippen LogP contribution in [0.15, 0.2) is 42.5 Å². The number of aryl methyl sites for hydroxylation is 1. The minimum atomic E-state index is -0.641. The lowest BCUT2D eigenvalue weighted by atomic mass is 9.98. The van der Waals surface area contributed by atoms with Gasteiger partial charge in [-0.2, -0.15) is 0 Å². The van der Waals surface area contributed by atoms with Gasteiger partial charge < -0.3 is 14.8 Å². The van der Waals surface area contributed by atoms with Gasteiger partial charge in [-0.1, -0.05) is 32.0 Å². The second-order valence-corrected chi connectivity index (χ2v) is 6.81. The number of rotatable bonds is 8. The first-order chi connectivity index (χ1) is 13.3. The quantitative estimate of drug-likeness (QED) is 0.553. The van der Waals surface area contributed by atoms with Gasteiger partial charge >= 0.3 is 5.97 Å². The van der Waals surface area contributed by atoms with Gasteiger partial charge in [-0.3, -0.25) is 9.59 Å². The zero-order valence-electron chi connectivity index (χ0n) is 16.6. The highest BCUT2D eigenvalue weighted by molar-refractivity contribution is 5.97. The van der Waals surface area contributed by atoms with Crippen molar-refractivity contribution in [3.63, 3.8) is 0 Å². The Hall–Kier alpha value is -3.15. The number of Topliss-reactive ketones (excluding diaryl/α,β-unsaturated/α-hetero) is 1. The molecule has 0 bridgehead atoms. The van der Waals surface area contributed by atoms with E-state index in [4.69, 9.17) is 9.47 Å². The standard InChI is InChI=1S/C22H25NO5/c1-14(2)20-9-8-19(10-15(20)3)27-13-22(26)28-12-21(25)23-18-7-5-6-17(11-18)16(4)24/h5-11,14H,12-13H2,1-4H3,(H,23,25). The summed E-state index contributed by atoms with van der Waals surface area (Å²) in [5, 5.41) is 2.58. The summed E-state index contributed by atoms with van der Waals surface area (Å²) >= 11 is 0. The fourth-order valence-electron chi connectivity index (χ4n) is 2.73. The number of hydrogen-bond donors (Lipinski definition) is 1. The molecule has 1 amide bonds. The summed E-state index contributed by atoms with van der Waals surface area (Å²) in [6, 6.07) is 12.2. The highest BCUT2D eigenvalue weighted by atomic mass is 16.6. The van der Waals surface area contributed by atoms with Gasteiger partial charge in [0.05, 0.1) is 0 Å². The Labute approximate surface area is 164 Å². The molecule has 0 aliphatic heterocycles. The van der Waals surface area contributed by atoms with Gasteiger partial charge in [-0.05, 0) is 55.2 Å². The molecule has 0 unspecified atom stereocenters. The van der Waals surface area contributed by atoms with E-state index in [0.717, 1.165) is 5.56 Å². The second-order valence-electron chi connectivity index (χ2n) is 6.81. The van der Waals surface area contributed by atoms with Crippen LogP contribution in [0, 0.1) is 6.92 Å². The average molecular weight is 383 g/mol. The molecular weight excluding hydrogens is 358 g/mol. The number of nitrogens with one attached hydrogen (secondary N) is 1. The molecule has 0 radical (unpaired) electrons. The Kier molecular flexibility index (Phi) is 7.32. The number of amides is 1. The summed E-state index contributed by atoms with van der Waals surface area (Å²) in [6.07, 6.45) is 0. The van der Waals surface area contributed by atoms with E-state index < -0.39 is 18.5 Å². The number of benzene rings is 2. The van der Waals surface area contributed by atoms with Gasteiger partial charge in [0, 0.05) is 11.3 Å². The molecule has 0 heterocycles. The first kappa shape index (κ1) is 21.2. The van der Waals surface area contributed by atoms with Crippen LogP contribution in [-0.2, 0) is 14.3 Å². The summed E-state index contributed by atoms with van der Waals surface area (Å²) in [7, 11) is 0. The summed E-state index contributed by atoms with van der Waals surface area (Å²) in [5.41, 5.74) is 3.26. The molecule has 0 saturated carbocycles. The van der Waals surface area contributed by atoms with Crippen molar-refractivity contribution >= 4 is 23.3 Å². The van der Waals surface area contributed by atoms with Crippen molar-refractivity contribution < 1.29 is 23.9 Å². The van der Waals surface area contributed by atoms with Gasteiger partial charge in [0.15, 0.2) is 19.0 Å². The molecule has 6 heteroatoms. The van der Waals surface area contributed by atoms with Gasteiger partial charge in [0.1, 0.15) is 5.75 Å². The number of hydrogen-bond acceptors (Lipinski definition) is 5. The Morgan fingerprint density at radius 1 is 1.04 bits per heavy atom. The van der Waals surface area contributed by atoms with E-state index in [2.05, 4.69) is 19.2 Å². The van der Waals surface area contributed by atoms with E-state index in [9.17, 15) is 14.4 Å². The maximum Gasteiger partial charge on any atom is 0.344 e. The number of carbonyl (C=O) groups is 3. The van der Waals surface area contributed by atoms with Gasteiger partial charge in [0.25, 0.3) is 5.91 Å². The molecule has 0 aromatic heterocycles. The lowest BCUT2D eigenvalue weighted by Crippen LogP contribution is -2.23. The van der Waals surface area contributed by atoms with Crippen molar-refractivity contribution in [1.82, 2.24) is 0 Å². The Morgan fingerprint density at radius 3 is 2.43 bits per heavy atom. The molecule has 1 N–H and O–H groups in total. The van der Waals surface area contributed by atoms with E-state index in [1.165, 1.54) is 12.5 Å².